The van der Waals surface area contributed by atoms with Gasteiger partial charge in [0, 0.05) is 10.7 Å². The van der Waals surface area contributed by atoms with Gasteiger partial charge in [-0.15, -0.1) is 0 Å². The molecule has 0 spiro atoms. The van der Waals surface area contributed by atoms with E-state index in [1.807, 2.05) is 19.1 Å². The van der Waals surface area contributed by atoms with Crippen molar-refractivity contribution in [1.29, 1.82) is 0 Å². The van der Waals surface area contributed by atoms with Crippen molar-refractivity contribution in [3.05, 3.63) is 64.9 Å². The minimum atomic E-state index is -0.637. The lowest BCUT2D eigenvalue weighted by Gasteiger charge is -2.33. The van der Waals surface area contributed by atoms with Crippen molar-refractivity contribution in [3.63, 3.8) is 0 Å². The van der Waals surface area contributed by atoms with Crippen molar-refractivity contribution in [2.45, 2.75) is 18.9 Å². The Balaban J connectivity index is 2.33. The van der Waals surface area contributed by atoms with Crippen LogP contribution in [0.4, 0.5) is 10.1 Å². The molecule has 0 saturated carbocycles. The zero-order valence-electron chi connectivity index (χ0n) is 11.2. The van der Waals surface area contributed by atoms with Gasteiger partial charge in [-0.25, -0.2) is 4.39 Å². The Morgan fingerprint density at radius 2 is 1.70 bits per heavy atom. The topological polar surface area (TPSA) is 32.3 Å². The van der Waals surface area contributed by atoms with Gasteiger partial charge in [-0.1, -0.05) is 30.7 Å². The van der Waals surface area contributed by atoms with E-state index in [0.29, 0.717) is 11.4 Å². The smallest absolute Gasteiger partial charge is 0.123 e. The van der Waals surface area contributed by atoms with Gasteiger partial charge in [0.1, 0.15) is 5.82 Å². The first kappa shape index (κ1) is 14.8. The normalized spacial score (nSPS) is 13.8. The van der Waals surface area contributed by atoms with Crippen molar-refractivity contribution >= 4 is 17.3 Å². The van der Waals surface area contributed by atoms with Crippen LogP contribution in [0.3, 0.4) is 0 Å². The van der Waals surface area contributed by atoms with Crippen LogP contribution in [0.15, 0.2) is 48.5 Å². The first-order valence-corrected chi connectivity index (χ1v) is 6.88. The number of rotatable bonds is 5. The minimum absolute atomic E-state index is 0.0856. The Morgan fingerprint density at radius 3 is 2.20 bits per heavy atom. The summed E-state index contributed by atoms with van der Waals surface area (Å²) in [6.45, 7) is 1.89. The highest BCUT2D eigenvalue weighted by atomic mass is 35.5. The number of hydrogen-bond donors (Lipinski definition) is 2. The van der Waals surface area contributed by atoms with Crippen LogP contribution in [0.25, 0.3) is 0 Å². The summed E-state index contributed by atoms with van der Waals surface area (Å²) in [7, 11) is 0. The molecular formula is C16H17ClFNO. The molecule has 2 aromatic rings. The van der Waals surface area contributed by atoms with Gasteiger partial charge >= 0.3 is 0 Å². The SMILES string of the molecule is CCC(CO)(Nc1ccc(Cl)cc1)c1ccc(F)cc1. The van der Waals surface area contributed by atoms with Crippen molar-refractivity contribution in [2.75, 3.05) is 11.9 Å². The molecule has 0 fully saturated rings. The molecule has 2 aromatic carbocycles. The third-order valence-electron chi connectivity index (χ3n) is 3.50. The summed E-state index contributed by atoms with van der Waals surface area (Å²) in [4.78, 5) is 0. The zero-order chi connectivity index (χ0) is 14.6. The number of nitrogens with one attached hydrogen (secondary N) is 1. The molecule has 0 bridgehead atoms. The molecule has 2 nitrogen and oxygen atoms in total. The molecule has 1 atom stereocenters. The second-order valence-corrected chi connectivity index (χ2v) is 5.17. The highest BCUT2D eigenvalue weighted by Crippen LogP contribution is 2.30. The van der Waals surface area contributed by atoms with Crippen LogP contribution in [0.1, 0.15) is 18.9 Å². The Labute approximate surface area is 123 Å². The third kappa shape index (κ3) is 3.11. The van der Waals surface area contributed by atoms with E-state index in [4.69, 9.17) is 11.6 Å². The lowest BCUT2D eigenvalue weighted by molar-refractivity contribution is 0.207. The maximum Gasteiger partial charge on any atom is 0.123 e. The fraction of sp³-hybridized carbons (Fsp3) is 0.250. The molecule has 0 saturated heterocycles. The molecule has 4 heteroatoms. The first-order valence-electron chi connectivity index (χ1n) is 6.50. The standard InChI is InChI=1S/C16H17ClFNO/c1-2-16(11-20,12-3-7-14(18)8-4-12)19-15-9-5-13(17)6-10-15/h3-10,19-20H,2,11H2,1H3. The van der Waals surface area contributed by atoms with Crippen LogP contribution in [0.2, 0.25) is 5.02 Å². The van der Waals surface area contributed by atoms with E-state index < -0.39 is 5.54 Å². The second-order valence-electron chi connectivity index (χ2n) is 4.73. The Hall–Kier alpha value is -1.58. The molecule has 0 aliphatic rings. The number of aliphatic hydroxyl groups excluding tert-OH is 1. The van der Waals surface area contributed by atoms with Crippen molar-refractivity contribution in [3.8, 4) is 0 Å². The molecular weight excluding hydrogens is 277 g/mol. The molecule has 0 radical (unpaired) electrons. The molecule has 0 heterocycles. The average molecular weight is 294 g/mol. The molecule has 20 heavy (non-hydrogen) atoms. The molecule has 0 aliphatic carbocycles. The fourth-order valence-electron chi connectivity index (χ4n) is 2.19. The maximum atomic E-state index is 13.1. The van der Waals surface area contributed by atoms with Gasteiger partial charge < -0.3 is 10.4 Å². The summed E-state index contributed by atoms with van der Waals surface area (Å²) in [5.74, 6) is -0.289. The van der Waals surface area contributed by atoms with Crippen molar-refractivity contribution in [1.82, 2.24) is 0 Å². The Bertz CT molecular complexity index is 550. The molecule has 2 N–H and O–H groups in total. The largest absolute Gasteiger partial charge is 0.394 e. The van der Waals surface area contributed by atoms with Crippen LogP contribution in [0.5, 0.6) is 0 Å². The minimum Gasteiger partial charge on any atom is -0.394 e. The van der Waals surface area contributed by atoms with E-state index in [2.05, 4.69) is 5.32 Å². The van der Waals surface area contributed by atoms with E-state index in [9.17, 15) is 9.50 Å². The predicted molar refractivity (Wildman–Crippen MR) is 80.5 cm³/mol. The summed E-state index contributed by atoms with van der Waals surface area (Å²) < 4.78 is 13.1. The molecule has 0 aliphatic heterocycles. The molecule has 0 aromatic heterocycles. The van der Waals surface area contributed by atoms with Gasteiger partial charge in [-0.05, 0) is 48.4 Å². The quantitative estimate of drug-likeness (QED) is 0.866. The third-order valence-corrected chi connectivity index (χ3v) is 3.75. The van der Waals surface area contributed by atoms with Crippen LogP contribution in [-0.2, 0) is 5.54 Å². The van der Waals surface area contributed by atoms with Gasteiger partial charge in [0.05, 0.1) is 12.1 Å². The number of benzene rings is 2. The monoisotopic (exact) mass is 293 g/mol. The summed E-state index contributed by atoms with van der Waals surface area (Å²) in [6.07, 6.45) is 0.664. The predicted octanol–water partition coefficient (Wildman–Crippen LogP) is 4.19. The number of hydrogen-bond acceptors (Lipinski definition) is 2. The summed E-state index contributed by atoms with van der Waals surface area (Å²) >= 11 is 5.87. The molecule has 2 rings (SSSR count). The summed E-state index contributed by atoms with van der Waals surface area (Å²) in [5.41, 5.74) is 1.06. The Morgan fingerprint density at radius 1 is 1.10 bits per heavy atom. The lowest BCUT2D eigenvalue weighted by atomic mass is 9.87. The van der Waals surface area contributed by atoms with E-state index in [1.165, 1.54) is 12.1 Å². The average Bonchev–Trinajstić information content (AvgIpc) is 2.48. The lowest BCUT2D eigenvalue weighted by Crippen LogP contribution is -2.38. The number of halogens is 2. The zero-order valence-corrected chi connectivity index (χ0v) is 12.0. The second kappa shape index (κ2) is 6.25. The molecule has 1 unspecified atom stereocenters. The van der Waals surface area contributed by atoms with E-state index in [0.717, 1.165) is 11.3 Å². The molecule has 106 valence electrons. The van der Waals surface area contributed by atoms with Gasteiger partial charge in [-0.2, -0.15) is 0 Å². The van der Waals surface area contributed by atoms with Gasteiger partial charge in [0.2, 0.25) is 0 Å². The van der Waals surface area contributed by atoms with Crippen molar-refractivity contribution in [2.24, 2.45) is 0 Å². The maximum absolute atomic E-state index is 13.1. The van der Waals surface area contributed by atoms with E-state index in [-0.39, 0.29) is 12.4 Å². The highest BCUT2D eigenvalue weighted by molar-refractivity contribution is 6.30. The Kier molecular flexibility index (Phi) is 4.63. The van der Waals surface area contributed by atoms with E-state index in [1.54, 1.807) is 24.3 Å². The van der Waals surface area contributed by atoms with Gasteiger partial charge in [0.15, 0.2) is 0 Å². The number of anilines is 1. The summed E-state index contributed by atoms with van der Waals surface area (Å²) in [5, 5.41) is 13.8. The van der Waals surface area contributed by atoms with Crippen LogP contribution < -0.4 is 5.32 Å². The number of aliphatic hydroxyl groups is 1. The summed E-state index contributed by atoms with van der Waals surface area (Å²) in [6, 6.07) is 13.5. The molecule has 0 amide bonds. The highest BCUT2D eigenvalue weighted by Gasteiger charge is 2.29. The van der Waals surface area contributed by atoms with Crippen LogP contribution in [0, 0.1) is 5.82 Å². The van der Waals surface area contributed by atoms with E-state index >= 15 is 0 Å². The van der Waals surface area contributed by atoms with Crippen molar-refractivity contribution < 1.29 is 9.50 Å². The van der Waals surface area contributed by atoms with Crippen LogP contribution >= 0.6 is 11.6 Å². The fourth-order valence-corrected chi connectivity index (χ4v) is 2.31. The van der Waals surface area contributed by atoms with Gasteiger partial charge in [0.25, 0.3) is 0 Å². The van der Waals surface area contributed by atoms with Gasteiger partial charge in [-0.3, -0.25) is 0 Å². The first-order chi connectivity index (χ1) is 9.59. The van der Waals surface area contributed by atoms with Crippen LogP contribution in [-0.4, -0.2) is 11.7 Å².